The molecule has 4 nitrogen and oxygen atoms in total. The second-order valence-electron chi connectivity index (χ2n) is 6.99. The van der Waals surface area contributed by atoms with Crippen LogP contribution in [0.1, 0.15) is 40.9 Å². The molecule has 0 radical (unpaired) electrons. The number of rotatable bonds is 2. The molecule has 2 heterocycles. The quantitative estimate of drug-likeness (QED) is 0.652. The molecule has 1 aliphatic carbocycles. The number of hydrogen-bond acceptors (Lipinski definition) is 4. The van der Waals surface area contributed by atoms with Gasteiger partial charge in [-0.1, -0.05) is 18.2 Å². The topological polar surface area (TPSA) is 47.6 Å². The normalized spacial score (nSPS) is 17.1. The van der Waals surface area contributed by atoms with Gasteiger partial charge in [-0.2, -0.15) is 0 Å². The van der Waals surface area contributed by atoms with Crippen molar-refractivity contribution in [1.82, 2.24) is 0 Å². The molecule has 1 spiro atoms. The molecule has 0 saturated heterocycles. The van der Waals surface area contributed by atoms with Gasteiger partial charge in [-0.15, -0.1) is 11.3 Å². The summed E-state index contributed by atoms with van der Waals surface area (Å²) in [6.45, 7) is 2.00. The maximum absolute atomic E-state index is 12.8. The van der Waals surface area contributed by atoms with E-state index < -0.39 is 5.79 Å². The Labute approximate surface area is 155 Å². The number of fused-ring (bicyclic) bond motifs is 2. The average molecular weight is 365 g/mol. The first-order chi connectivity index (χ1) is 12.6. The van der Waals surface area contributed by atoms with Crippen LogP contribution in [0, 0.1) is 6.92 Å². The molecule has 0 unspecified atom stereocenters. The van der Waals surface area contributed by atoms with E-state index in [-0.39, 0.29) is 5.91 Å². The van der Waals surface area contributed by atoms with E-state index in [9.17, 15) is 4.79 Å². The van der Waals surface area contributed by atoms with Crippen LogP contribution in [-0.4, -0.2) is 11.7 Å². The summed E-state index contributed by atoms with van der Waals surface area (Å²) in [5, 5.41) is 4.14. The molecule has 2 aromatic carbocycles. The van der Waals surface area contributed by atoms with E-state index in [2.05, 4.69) is 11.4 Å². The third-order valence-electron chi connectivity index (χ3n) is 5.21. The summed E-state index contributed by atoms with van der Waals surface area (Å²) in [7, 11) is 0. The highest BCUT2D eigenvalue weighted by molar-refractivity contribution is 7.21. The molecule has 132 valence electrons. The maximum Gasteiger partial charge on any atom is 0.266 e. The van der Waals surface area contributed by atoms with Gasteiger partial charge in [-0.3, -0.25) is 4.79 Å². The van der Waals surface area contributed by atoms with Crippen LogP contribution in [0.25, 0.3) is 10.1 Å². The van der Waals surface area contributed by atoms with Crippen molar-refractivity contribution >= 4 is 33.0 Å². The molecule has 2 aliphatic rings. The van der Waals surface area contributed by atoms with E-state index in [4.69, 9.17) is 9.47 Å². The van der Waals surface area contributed by atoms with Crippen molar-refractivity contribution in [2.24, 2.45) is 0 Å². The maximum atomic E-state index is 12.8. The molecule has 0 atom stereocenters. The van der Waals surface area contributed by atoms with Crippen molar-refractivity contribution in [3.8, 4) is 11.5 Å². The third-order valence-corrected chi connectivity index (χ3v) is 6.48. The molecule has 1 N–H and O–H groups in total. The molecule has 1 amide bonds. The number of benzene rings is 2. The Morgan fingerprint density at radius 3 is 2.65 bits per heavy atom. The Bertz CT molecular complexity index is 1020. The van der Waals surface area contributed by atoms with Gasteiger partial charge in [0.25, 0.3) is 11.7 Å². The van der Waals surface area contributed by atoms with Crippen LogP contribution in [0.4, 0.5) is 5.69 Å². The van der Waals surface area contributed by atoms with Gasteiger partial charge in [-0.25, -0.2) is 0 Å². The van der Waals surface area contributed by atoms with Gasteiger partial charge < -0.3 is 14.8 Å². The zero-order chi connectivity index (χ0) is 17.7. The van der Waals surface area contributed by atoms with Crippen molar-refractivity contribution in [2.45, 2.75) is 38.4 Å². The number of ether oxygens (including phenoxy) is 2. The van der Waals surface area contributed by atoms with Gasteiger partial charge in [0.15, 0.2) is 11.5 Å². The number of nitrogens with one attached hydrogen (secondary N) is 1. The Hall–Kier alpha value is -2.53. The third kappa shape index (κ3) is 2.46. The van der Waals surface area contributed by atoms with Crippen molar-refractivity contribution in [3.05, 3.63) is 52.9 Å². The summed E-state index contributed by atoms with van der Waals surface area (Å²) in [6.07, 6.45) is 4.10. The fourth-order valence-electron chi connectivity index (χ4n) is 3.87. The van der Waals surface area contributed by atoms with Crippen molar-refractivity contribution in [3.63, 3.8) is 0 Å². The zero-order valence-corrected chi connectivity index (χ0v) is 15.3. The summed E-state index contributed by atoms with van der Waals surface area (Å²) in [5.41, 5.74) is 1.75. The molecule has 3 aromatic rings. The minimum atomic E-state index is -0.479. The van der Waals surface area contributed by atoms with Gasteiger partial charge >= 0.3 is 0 Å². The number of thiophene rings is 1. The first kappa shape index (κ1) is 15.7. The molecule has 5 heteroatoms. The van der Waals surface area contributed by atoms with E-state index in [1.165, 1.54) is 11.3 Å². The molecule has 1 fully saturated rings. The summed E-state index contributed by atoms with van der Waals surface area (Å²) in [6, 6.07) is 13.7. The molecular formula is C21H19NO3S. The highest BCUT2D eigenvalue weighted by atomic mass is 32.1. The standard InChI is InChI=1S/C21H19NO3S/c1-13-15-6-2-3-7-18(15)26-19(13)20(23)22-14-8-9-16-17(12-14)25-21(24-16)10-4-5-11-21/h2-3,6-9,12H,4-5,10-11H2,1H3,(H,22,23). The van der Waals surface area contributed by atoms with Gasteiger partial charge in [0, 0.05) is 29.3 Å². The lowest BCUT2D eigenvalue weighted by molar-refractivity contribution is -0.0716. The Morgan fingerprint density at radius 2 is 1.85 bits per heavy atom. The lowest BCUT2D eigenvalue weighted by atomic mass is 10.1. The number of hydrogen-bond donors (Lipinski definition) is 1. The fourth-order valence-corrected chi connectivity index (χ4v) is 4.97. The van der Waals surface area contributed by atoms with Gasteiger partial charge in [-0.05, 0) is 48.9 Å². The monoisotopic (exact) mass is 365 g/mol. The molecule has 5 rings (SSSR count). The average Bonchev–Trinajstić information content (AvgIpc) is 3.33. The van der Waals surface area contributed by atoms with E-state index in [0.29, 0.717) is 0 Å². The van der Waals surface area contributed by atoms with Crippen LogP contribution < -0.4 is 14.8 Å². The largest absolute Gasteiger partial charge is 0.448 e. The van der Waals surface area contributed by atoms with Crippen LogP contribution in [0.15, 0.2) is 42.5 Å². The fraction of sp³-hybridized carbons (Fsp3) is 0.286. The number of carbonyl (C=O) groups excluding carboxylic acids is 1. The molecule has 0 bridgehead atoms. The van der Waals surface area contributed by atoms with Crippen molar-refractivity contribution in [1.29, 1.82) is 0 Å². The summed E-state index contributed by atoms with van der Waals surface area (Å²) < 4.78 is 13.2. The van der Waals surface area contributed by atoms with Crippen LogP contribution in [-0.2, 0) is 0 Å². The van der Waals surface area contributed by atoms with Crippen molar-refractivity contribution in [2.75, 3.05) is 5.32 Å². The van der Waals surface area contributed by atoms with E-state index in [1.807, 2.05) is 43.3 Å². The minimum absolute atomic E-state index is 0.0851. The molecule has 1 saturated carbocycles. The number of aryl methyl sites for hydroxylation is 1. The van der Waals surface area contributed by atoms with Gasteiger partial charge in [0.05, 0.1) is 4.88 Å². The lowest BCUT2D eigenvalue weighted by Gasteiger charge is -2.21. The van der Waals surface area contributed by atoms with Gasteiger partial charge in [0.1, 0.15) is 0 Å². The van der Waals surface area contributed by atoms with Crippen LogP contribution in [0.3, 0.4) is 0 Å². The highest BCUT2D eigenvalue weighted by Gasteiger charge is 2.44. The van der Waals surface area contributed by atoms with E-state index in [1.54, 1.807) is 0 Å². The summed E-state index contributed by atoms with van der Waals surface area (Å²) >= 11 is 1.52. The first-order valence-corrected chi connectivity index (χ1v) is 9.77. The molecule has 1 aromatic heterocycles. The first-order valence-electron chi connectivity index (χ1n) is 8.95. The van der Waals surface area contributed by atoms with Gasteiger partial charge in [0.2, 0.25) is 0 Å². The summed E-state index contributed by atoms with van der Waals surface area (Å²) in [5.74, 6) is 0.923. The predicted molar refractivity (Wildman–Crippen MR) is 103 cm³/mol. The van der Waals surface area contributed by atoms with Crippen LogP contribution in [0.5, 0.6) is 11.5 Å². The Balaban J connectivity index is 1.40. The Morgan fingerprint density at radius 1 is 1.08 bits per heavy atom. The van der Waals surface area contributed by atoms with E-state index >= 15 is 0 Å². The highest BCUT2D eigenvalue weighted by Crippen LogP contribution is 2.47. The van der Waals surface area contributed by atoms with Crippen LogP contribution >= 0.6 is 11.3 Å². The predicted octanol–water partition coefficient (Wildman–Crippen LogP) is 5.50. The second-order valence-corrected chi connectivity index (χ2v) is 8.04. The number of amides is 1. The Kier molecular flexibility index (Phi) is 3.47. The molecule has 26 heavy (non-hydrogen) atoms. The molecular weight excluding hydrogens is 346 g/mol. The number of anilines is 1. The van der Waals surface area contributed by atoms with Crippen molar-refractivity contribution < 1.29 is 14.3 Å². The minimum Gasteiger partial charge on any atom is -0.448 e. The SMILES string of the molecule is Cc1c(C(=O)Nc2ccc3c(c2)OC2(CCCC2)O3)sc2ccccc12. The second kappa shape index (κ2) is 5.74. The smallest absolute Gasteiger partial charge is 0.266 e. The lowest BCUT2D eigenvalue weighted by Crippen LogP contribution is -2.34. The zero-order valence-electron chi connectivity index (χ0n) is 14.5. The summed E-state index contributed by atoms with van der Waals surface area (Å²) in [4.78, 5) is 13.5. The number of carbonyl (C=O) groups is 1. The molecule has 1 aliphatic heterocycles. The van der Waals surface area contributed by atoms with E-state index in [0.717, 1.165) is 63.4 Å². The van der Waals surface area contributed by atoms with Crippen LogP contribution in [0.2, 0.25) is 0 Å².